The molecule has 0 spiro atoms. The first kappa shape index (κ1) is 39.6. The maximum absolute atomic E-state index is 12.8. The molecule has 12 nitrogen and oxygen atoms in total. The smallest absolute Gasteiger partial charge is 0.261 e. The number of carbonyl (C=O) groups is 4. The maximum Gasteiger partial charge on any atom is 0.261 e. The van der Waals surface area contributed by atoms with E-state index in [1.807, 2.05) is 90.3 Å². The van der Waals surface area contributed by atoms with Crippen LogP contribution < -0.4 is 15.2 Å². The minimum Gasteiger partial charge on any atom is -0.482 e. The lowest BCUT2D eigenvalue weighted by Crippen LogP contribution is -2.39. The van der Waals surface area contributed by atoms with Gasteiger partial charge < -0.3 is 35.0 Å². The third-order valence-corrected chi connectivity index (χ3v) is 9.78. The summed E-state index contributed by atoms with van der Waals surface area (Å²) < 4.78 is 11.5. The Bertz CT molecular complexity index is 2060. The first-order chi connectivity index (χ1) is 26.0. The van der Waals surface area contributed by atoms with Gasteiger partial charge in [-0.2, -0.15) is 0 Å². The highest BCUT2D eigenvalue weighted by Crippen LogP contribution is 2.31. The molecule has 2 atom stereocenters. The van der Waals surface area contributed by atoms with Gasteiger partial charge in [-0.05, 0) is 89.8 Å². The predicted molar refractivity (Wildman–Crippen MR) is 211 cm³/mol. The second kappa shape index (κ2) is 17.9. The minimum atomic E-state index is -0.310. The molecule has 0 saturated carbocycles. The van der Waals surface area contributed by atoms with Gasteiger partial charge in [-0.1, -0.05) is 36.4 Å². The van der Waals surface area contributed by atoms with Gasteiger partial charge in [0.1, 0.15) is 11.5 Å². The number of likely N-dealkylation sites (N-methyl/N-ethyl adjacent to an activating group) is 2. The topological polar surface area (TPSA) is 154 Å². The van der Waals surface area contributed by atoms with E-state index < -0.39 is 0 Å². The molecule has 0 radical (unpaired) electrons. The molecule has 0 fully saturated rings. The number of nitrogens with zero attached hydrogens (tertiary/aromatic N) is 3. The summed E-state index contributed by atoms with van der Waals surface area (Å²) in [6.07, 6.45) is 5.15. The quantitative estimate of drug-likeness (QED) is 0.112. The van der Waals surface area contributed by atoms with Crippen molar-refractivity contribution in [2.24, 2.45) is 5.73 Å². The molecule has 6 rings (SSSR count). The van der Waals surface area contributed by atoms with Crippen LogP contribution in [-0.4, -0.2) is 99.8 Å². The highest BCUT2D eigenvalue weighted by atomic mass is 16.5. The molecule has 4 N–H and O–H groups in total. The van der Waals surface area contributed by atoms with Crippen molar-refractivity contribution in [1.29, 1.82) is 0 Å². The molecule has 2 aromatic heterocycles. The standard InChI is InChI=1S/C25H27N3O4.C17H25N3O2/c1-4-27(5-2)22(29)15-32-21-12-8-11-18-17(14-26-23(18)21)13-16(3)28-24(30)19-9-6-7-10-20(19)25(28)31;1-4-20(5-2)16(21)11-22-15-8-6-7-14-13(9-12(3)18)10-19-17(14)15/h6-12,14,16,26H,4-5,13,15H2,1-3H3;6-8,10,12,19H,4-5,9,11,18H2,1-3H3/t16-;12-/m11/s1. The molecule has 286 valence electrons. The maximum atomic E-state index is 12.8. The number of carbonyl (C=O) groups excluding carboxylic acids is 4. The van der Waals surface area contributed by atoms with Crippen molar-refractivity contribution in [3.05, 3.63) is 95.3 Å². The Hall–Kier alpha value is -5.62. The molecule has 0 saturated heterocycles. The van der Waals surface area contributed by atoms with Gasteiger partial charge in [0.15, 0.2) is 13.2 Å². The van der Waals surface area contributed by atoms with Gasteiger partial charge >= 0.3 is 0 Å². The van der Waals surface area contributed by atoms with Crippen LogP contribution in [0.15, 0.2) is 73.1 Å². The minimum absolute atomic E-state index is 0.00404. The van der Waals surface area contributed by atoms with Crippen molar-refractivity contribution in [3.63, 3.8) is 0 Å². The summed E-state index contributed by atoms with van der Waals surface area (Å²) >= 11 is 0. The Morgan fingerprint density at radius 3 is 1.50 bits per heavy atom. The van der Waals surface area contributed by atoms with E-state index in [0.717, 1.165) is 33.8 Å². The number of H-pyrrole nitrogens is 2. The van der Waals surface area contributed by atoms with Gasteiger partial charge in [-0.25, -0.2) is 0 Å². The van der Waals surface area contributed by atoms with E-state index in [2.05, 4.69) is 9.97 Å². The molecule has 4 amide bonds. The fourth-order valence-corrected chi connectivity index (χ4v) is 6.93. The van der Waals surface area contributed by atoms with Crippen LogP contribution in [0, 0.1) is 0 Å². The van der Waals surface area contributed by atoms with Crippen molar-refractivity contribution in [1.82, 2.24) is 24.7 Å². The number of fused-ring (bicyclic) bond motifs is 3. The number of imide groups is 1. The number of hydrogen-bond donors (Lipinski definition) is 3. The Kier molecular flexibility index (Phi) is 13.1. The van der Waals surface area contributed by atoms with Gasteiger partial charge in [-0.3, -0.25) is 24.1 Å². The van der Waals surface area contributed by atoms with Gasteiger partial charge in [0.25, 0.3) is 23.6 Å². The molecule has 0 aliphatic carbocycles. The molecular formula is C42H52N6O6. The summed E-state index contributed by atoms with van der Waals surface area (Å²) in [5.74, 6) is 0.743. The lowest BCUT2D eigenvalue weighted by atomic mass is 10.0. The number of aromatic nitrogens is 2. The van der Waals surface area contributed by atoms with Crippen LogP contribution in [0.25, 0.3) is 21.8 Å². The first-order valence-electron chi connectivity index (χ1n) is 18.7. The number of hydrogen-bond acceptors (Lipinski definition) is 7. The van der Waals surface area contributed by atoms with Crippen molar-refractivity contribution < 1.29 is 28.7 Å². The molecule has 0 unspecified atom stereocenters. The summed E-state index contributed by atoms with van der Waals surface area (Å²) in [5, 5.41) is 2.05. The SMILES string of the molecule is CCN(CC)C(=O)COc1cccc2c(C[C@@H](C)N)c[nH]c12.CCN(CC)C(=O)COc1cccc2c(C[C@@H](C)N3C(=O)c4ccccc4C3=O)c[nH]c12. The third-order valence-electron chi connectivity index (χ3n) is 9.78. The Morgan fingerprint density at radius 2 is 1.09 bits per heavy atom. The molecular weight excluding hydrogens is 684 g/mol. The van der Waals surface area contributed by atoms with Crippen LogP contribution in [0.3, 0.4) is 0 Å². The van der Waals surface area contributed by atoms with E-state index in [-0.39, 0.29) is 48.9 Å². The van der Waals surface area contributed by atoms with Crippen molar-refractivity contribution in [3.8, 4) is 11.5 Å². The Labute approximate surface area is 316 Å². The molecule has 1 aliphatic heterocycles. The summed E-state index contributed by atoms with van der Waals surface area (Å²) in [6, 6.07) is 18.3. The number of benzene rings is 3. The molecule has 3 heterocycles. The number of amides is 4. The number of rotatable bonds is 15. The number of para-hydroxylation sites is 2. The molecule has 54 heavy (non-hydrogen) atoms. The lowest BCUT2D eigenvalue weighted by molar-refractivity contribution is -0.133. The van der Waals surface area contributed by atoms with Gasteiger partial charge in [0.2, 0.25) is 0 Å². The fourth-order valence-electron chi connectivity index (χ4n) is 6.93. The molecule has 0 bridgehead atoms. The molecule has 3 aromatic carbocycles. The fraction of sp³-hybridized carbons (Fsp3) is 0.381. The predicted octanol–water partition coefficient (Wildman–Crippen LogP) is 5.95. The van der Waals surface area contributed by atoms with Crippen LogP contribution in [-0.2, 0) is 22.4 Å². The molecule has 12 heteroatoms. The monoisotopic (exact) mass is 736 g/mol. The van der Waals surface area contributed by atoms with Crippen LogP contribution in [0.1, 0.15) is 73.4 Å². The summed E-state index contributed by atoms with van der Waals surface area (Å²) in [6.45, 7) is 14.4. The zero-order chi connectivity index (χ0) is 38.9. The van der Waals surface area contributed by atoms with Crippen molar-refractivity contribution >= 4 is 45.4 Å². The van der Waals surface area contributed by atoms with E-state index in [1.165, 1.54) is 10.5 Å². The summed E-state index contributed by atoms with van der Waals surface area (Å²) in [5.41, 5.74) is 10.7. The molecule has 5 aromatic rings. The highest BCUT2D eigenvalue weighted by Gasteiger charge is 2.38. The van der Waals surface area contributed by atoms with Crippen LogP contribution in [0.2, 0.25) is 0 Å². The molecule has 1 aliphatic rings. The van der Waals surface area contributed by atoms with E-state index in [4.69, 9.17) is 15.2 Å². The lowest BCUT2D eigenvalue weighted by Gasteiger charge is -2.22. The average Bonchev–Trinajstić information content (AvgIpc) is 3.85. The zero-order valence-corrected chi connectivity index (χ0v) is 32.1. The number of ether oxygens (including phenoxy) is 2. The summed E-state index contributed by atoms with van der Waals surface area (Å²) in [7, 11) is 0. The highest BCUT2D eigenvalue weighted by molar-refractivity contribution is 6.21. The first-order valence-corrected chi connectivity index (χ1v) is 18.7. The average molecular weight is 737 g/mol. The van der Waals surface area contributed by atoms with E-state index in [9.17, 15) is 19.2 Å². The summed E-state index contributed by atoms with van der Waals surface area (Å²) in [4.78, 5) is 61.2. The largest absolute Gasteiger partial charge is 0.482 e. The normalized spacial score (nSPS) is 13.4. The van der Waals surface area contributed by atoms with E-state index >= 15 is 0 Å². The number of nitrogens with two attached hydrogens (primary N) is 1. The van der Waals surface area contributed by atoms with Crippen LogP contribution in [0.4, 0.5) is 0 Å². The van der Waals surface area contributed by atoms with E-state index in [1.54, 1.807) is 34.1 Å². The second-order valence-corrected chi connectivity index (χ2v) is 13.5. The van der Waals surface area contributed by atoms with Gasteiger partial charge in [0.05, 0.1) is 22.2 Å². The van der Waals surface area contributed by atoms with Crippen LogP contribution >= 0.6 is 0 Å². The van der Waals surface area contributed by atoms with Gasteiger partial charge in [-0.15, -0.1) is 0 Å². The van der Waals surface area contributed by atoms with Crippen molar-refractivity contribution in [2.45, 2.75) is 66.5 Å². The Balaban J connectivity index is 0.000000223. The van der Waals surface area contributed by atoms with Crippen molar-refractivity contribution in [2.75, 3.05) is 39.4 Å². The number of aromatic amines is 2. The second-order valence-electron chi connectivity index (χ2n) is 13.5. The Morgan fingerprint density at radius 1 is 0.667 bits per heavy atom. The van der Waals surface area contributed by atoms with Crippen LogP contribution in [0.5, 0.6) is 11.5 Å². The zero-order valence-electron chi connectivity index (χ0n) is 32.1. The third kappa shape index (κ3) is 8.60. The number of nitrogens with one attached hydrogen (secondary N) is 2. The van der Waals surface area contributed by atoms with E-state index in [0.29, 0.717) is 55.2 Å². The van der Waals surface area contributed by atoms with Gasteiger partial charge in [0, 0.05) is 61.4 Å².